The van der Waals surface area contributed by atoms with Crippen LogP contribution in [0.5, 0.6) is 0 Å². The molecule has 0 aromatic carbocycles. The maximum absolute atomic E-state index is 11.7. The molecule has 2 rings (SSSR count). The Morgan fingerprint density at radius 2 is 2.28 bits per heavy atom. The summed E-state index contributed by atoms with van der Waals surface area (Å²) in [5.74, 6) is 0.649. The highest BCUT2D eigenvalue weighted by Crippen LogP contribution is 2.32. The Morgan fingerprint density at radius 1 is 1.44 bits per heavy atom. The van der Waals surface area contributed by atoms with Gasteiger partial charge < -0.3 is 20.5 Å². The zero-order valence-electron chi connectivity index (χ0n) is 10.9. The first kappa shape index (κ1) is 13.8. The zero-order chi connectivity index (χ0) is 12.8. The lowest BCUT2D eigenvalue weighted by molar-refractivity contribution is -0.123. The molecule has 1 aliphatic heterocycles. The lowest BCUT2D eigenvalue weighted by Gasteiger charge is -2.16. The Kier molecular flexibility index (Phi) is 5.41. The molecule has 1 saturated heterocycles. The van der Waals surface area contributed by atoms with E-state index in [2.05, 4.69) is 5.32 Å². The molecule has 1 aliphatic carbocycles. The van der Waals surface area contributed by atoms with Crippen molar-refractivity contribution in [1.82, 2.24) is 5.32 Å². The summed E-state index contributed by atoms with van der Waals surface area (Å²) in [5, 5.41) is 2.98. The van der Waals surface area contributed by atoms with Gasteiger partial charge in [-0.05, 0) is 31.6 Å². The highest BCUT2D eigenvalue weighted by atomic mass is 16.5. The third-order valence-corrected chi connectivity index (χ3v) is 3.59. The number of hydrogen-bond donors (Lipinski definition) is 2. The van der Waals surface area contributed by atoms with E-state index in [1.54, 1.807) is 0 Å². The molecule has 2 unspecified atom stereocenters. The minimum Gasteiger partial charge on any atom is -0.378 e. The summed E-state index contributed by atoms with van der Waals surface area (Å²) in [6.07, 6.45) is 5.22. The molecule has 2 fully saturated rings. The number of nitrogens with two attached hydrogens (primary N) is 1. The molecule has 1 amide bonds. The van der Waals surface area contributed by atoms with Gasteiger partial charge in [0.2, 0.25) is 5.91 Å². The van der Waals surface area contributed by atoms with E-state index in [4.69, 9.17) is 15.2 Å². The van der Waals surface area contributed by atoms with Crippen LogP contribution in [0.25, 0.3) is 0 Å². The minimum absolute atomic E-state index is 0.0460. The van der Waals surface area contributed by atoms with Crippen LogP contribution in [-0.4, -0.2) is 44.4 Å². The Labute approximate surface area is 108 Å². The molecule has 5 heteroatoms. The van der Waals surface area contributed by atoms with Crippen molar-refractivity contribution >= 4 is 5.91 Å². The molecular formula is C13H24N2O3. The molecule has 1 heterocycles. The largest absolute Gasteiger partial charge is 0.378 e. The Bertz CT molecular complexity index is 263. The van der Waals surface area contributed by atoms with Crippen molar-refractivity contribution in [3.05, 3.63) is 0 Å². The van der Waals surface area contributed by atoms with Crippen LogP contribution in [0.3, 0.4) is 0 Å². The number of amides is 1. The molecule has 3 N–H and O–H groups in total. The fourth-order valence-corrected chi connectivity index (χ4v) is 2.30. The van der Waals surface area contributed by atoms with Crippen molar-refractivity contribution in [2.45, 2.75) is 44.2 Å². The van der Waals surface area contributed by atoms with Crippen LogP contribution in [0.15, 0.2) is 0 Å². The van der Waals surface area contributed by atoms with Crippen LogP contribution in [0.4, 0.5) is 0 Å². The van der Waals surface area contributed by atoms with E-state index in [9.17, 15) is 4.79 Å². The highest BCUT2D eigenvalue weighted by molar-refractivity contribution is 5.76. The topological polar surface area (TPSA) is 73.6 Å². The SMILES string of the molecule is NCC(NC(=O)CCOCC1CCCO1)C1CC1. The number of hydrogen-bond acceptors (Lipinski definition) is 4. The lowest BCUT2D eigenvalue weighted by Crippen LogP contribution is -2.42. The Hall–Kier alpha value is -0.650. The van der Waals surface area contributed by atoms with E-state index in [1.807, 2.05) is 0 Å². The second kappa shape index (κ2) is 7.07. The predicted octanol–water partition coefficient (Wildman–Crippen LogP) is 0.426. The van der Waals surface area contributed by atoms with Gasteiger partial charge in [-0.3, -0.25) is 4.79 Å². The highest BCUT2D eigenvalue weighted by Gasteiger charge is 2.31. The summed E-state index contributed by atoms with van der Waals surface area (Å²) >= 11 is 0. The van der Waals surface area contributed by atoms with Crippen molar-refractivity contribution in [3.8, 4) is 0 Å². The molecule has 104 valence electrons. The number of nitrogens with one attached hydrogen (secondary N) is 1. The molecule has 5 nitrogen and oxygen atoms in total. The predicted molar refractivity (Wildman–Crippen MR) is 68.1 cm³/mol. The molecular weight excluding hydrogens is 232 g/mol. The van der Waals surface area contributed by atoms with Gasteiger partial charge in [0.1, 0.15) is 0 Å². The van der Waals surface area contributed by atoms with Crippen molar-refractivity contribution in [2.24, 2.45) is 11.7 Å². The van der Waals surface area contributed by atoms with E-state index in [-0.39, 0.29) is 18.1 Å². The molecule has 2 atom stereocenters. The Morgan fingerprint density at radius 3 is 2.89 bits per heavy atom. The summed E-state index contributed by atoms with van der Waals surface area (Å²) in [5.41, 5.74) is 5.64. The van der Waals surface area contributed by atoms with Crippen LogP contribution >= 0.6 is 0 Å². The molecule has 0 bridgehead atoms. The van der Waals surface area contributed by atoms with Crippen molar-refractivity contribution in [3.63, 3.8) is 0 Å². The van der Waals surface area contributed by atoms with E-state index in [0.717, 1.165) is 19.4 Å². The van der Waals surface area contributed by atoms with Crippen LogP contribution in [0, 0.1) is 5.92 Å². The summed E-state index contributed by atoms with van der Waals surface area (Å²) in [4.78, 5) is 11.7. The van der Waals surface area contributed by atoms with E-state index >= 15 is 0 Å². The van der Waals surface area contributed by atoms with E-state index in [0.29, 0.717) is 32.1 Å². The van der Waals surface area contributed by atoms with Gasteiger partial charge in [-0.25, -0.2) is 0 Å². The van der Waals surface area contributed by atoms with Gasteiger partial charge in [-0.15, -0.1) is 0 Å². The smallest absolute Gasteiger partial charge is 0.222 e. The fourth-order valence-electron chi connectivity index (χ4n) is 2.30. The maximum Gasteiger partial charge on any atom is 0.222 e. The first-order valence-electron chi connectivity index (χ1n) is 6.98. The summed E-state index contributed by atoms with van der Waals surface area (Å²) in [7, 11) is 0. The van der Waals surface area contributed by atoms with Gasteiger partial charge in [0.05, 0.1) is 19.3 Å². The summed E-state index contributed by atoms with van der Waals surface area (Å²) in [6, 6.07) is 0.163. The average Bonchev–Trinajstić information content (AvgIpc) is 3.08. The van der Waals surface area contributed by atoms with E-state index in [1.165, 1.54) is 12.8 Å². The van der Waals surface area contributed by atoms with Gasteiger partial charge in [0, 0.05) is 25.6 Å². The molecule has 0 aromatic heterocycles. The average molecular weight is 256 g/mol. The molecule has 0 aromatic rings. The molecule has 0 spiro atoms. The van der Waals surface area contributed by atoms with Gasteiger partial charge in [0.15, 0.2) is 0 Å². The van der Waals surface area contributed by atoms with Gasteiger partial charge in [0.25, 0.3) is 0 Å². The number of carbonyl (C=O) groups excluding carboxylic acids is 1. The maximum atomic E-state index is 11.7. The van der Waals surface area contributed by atoms with Crippen LogP contribution in [0.2, 0.25) is 0 Å². The van der Waals surface area contributed by atoms with E-state index < -0.39 is 0 Å². The van der Waals surface area contributed by atoms with Crippen molar-refractivity contribution < 1.29 is 14.3 Å². The third-order valence-electron chi connectivity index (χ3n) is 3.59. The molecule has 1 saturated carbocycles. The number of rotatable bonds is 8. The molecule has 2 aliphatic rings. The fraction of sp³-hybridized carbons (Fsp3) is 0.923. The lowest BCUT2D eigenvalue weighted by atomic mass is 10.2. The standard InChI is InChI=1S/C13H24N2O3/c14-8-12(10-3-4-10)15-13(16)5-7-17-9-11-2-1-6-18-11/h10-12H,1-9,14H2,(H,15,16). The van der Waals surface area contributed by atoms with Crippen LogP contribution in [-0.2, 0) is 14.3 Å². The minimum atomic E-state index is 0.0460. The number of ether oxygens (including phenoxy) is 2. The van der Waals surface area contributed by atoms with Crippen LogP contribution in [0.1, 0.15) is 32.1 Å². The van der Waals surface area contributed by atoms with Gasteiger partial charge in [-0.1, -0.05) is 0 Å². The second-order valence-corrected chi connectivity index (χ2v) is 5.21. The number of carbonyl (C=O) groups is 1. The second-order valence-electron chi connectivity index (χ2n) is 5.21. The van der Waals surface area contributed by atoms with Crippen molar-refractivity contribution in [2.75, 3.05) is 26.4 Å². The normalized spacial score (nSPS) is 25.1. The summed E-state index contributed by atoms with van der Waals surface area (Å²) in [6.45, 7) is 2.45. The molecule has 18 heavy (non-hydrogen) atoms. The van der Waals surface area contributed by atoms with Crippen LogP contribution < -0.4 is 11.1 Å². The Balaban J connectivity index is 1.51. The monoisotopic (exact) mass is 256 g/mol. The summed E-state index contributed by atoms with van der Waals surface area (Å²) < 4.78 is 10.9. The quantitative estimate of drug-likeness (QED) is 0.618. The first-order valence-corrected chi connectivity index (χ1v) is 6.98. The van der Waals surface area contributed by atoms with Crippen molar-refractivity contribution in [1.29, 1.82) is 0 Å². The van der Waals surface area contributed by atoms with Gasteiger partial charge in [-0.2, -0.15) is 0 Å². The van der Waals surface area contributed by atoms with Gasteiger partial charge >= 0.3 is 0 Å². The zero-order valence-corrected chi connectivity index (χ0v) is 10.9. The third kappa shape index (κ3) is 4.55. The molecule has 0 radical (unpaired) electrons. The first-order chi connectivity index (χ1) is 8.79.